The molecule has 0 saturated heterocycles. The first-order chi connectivity index (χ1) is 25.1. The maximum absolute atomic E-state index is 2.86. The molecule has 1 saturated carbocycles. The quantitative estimate of drug-likeness (QED) is 0.173. The predicted molar refractivity (Wildman–Crippen MR) is 218 cm³/mol. The van der Waals surface area contributed by atoms with Gasteiger partial charge in [0.15, 0.2) is 0 Å². The summed E-state index contributed by atoms with van der Waals surface area (Å²) in [4.78, 5) is 5.29. The van der Waals surface area contributed by atoms with Crippen molar-refractivity contribution < 1.29 is 0 Å². The minimum absolute atomic E-state index is 0.0351. The molecule has 4 aliphatic rings. The zero-order valence-electron chi connectivity index (χ0n) is 28.9. The van der Waals surface area contributed by atoms with Gasteiger partial charge in [-0.15, -0.1) is 11.3 Å². The Bertz CT molecular complexity index is 2730. The Labute approximate surface area is 302 Å². The second kappa shape index (κ2) is 9.74. The normalized spacial score (nSPS) is 20.9. The van der Waals surface area contributed by atoms with Crippen LogP contribution in [0.5, 0.6) is 0 Å². The molecule has 5 heteroatoms. The number of nitrogens with zero attached hydrogens (tertiary/aromatic N) is 3. The maximum Gasteiger partial charge on any atom is 0.264 e. The molecule has 1 fully saturated rings. The zero-order chi connectivity index (χ0) is 33.6. The van der Waals surface area contributed by atoms with E-state index < -0.39 is 0 Å². The van der Waals surface area contributed by atoms with Crippen LogP contribution in [0.3, 0.4) is 0 Å². The van der Waals surface area contributed by atoms with Gasteiger partial charge in [-0.3, -0.25) is 0 Å². The van der Waals surface area contributed by atoms with Crippen LogP contribution in [-0.2, 0) is 5.41 Å². The third-order valence-corrected chi connectivity index (χ3v) is 14.5. The molecule has 2 unspecified atom stereocenters. The SMILES string of the molecule is CC12CCCCC1(C)N1c3cc(N(c4ccccc4)c4ccccc4)ccc3B3c4sc5ccccc5c4-n4c5ccccc5c5cc2c1c3c54. The fraction of sp³-hybridized carbons (Fsp3) is 0.174. The van der Waals surface area contributed by atoms with Crippen molar-refractivity contribution in [3.8, 4) is 5.69 Å². The fourth-order valence-electron chi connectivity index (χ4n) is 10.8. The van der Waals surface area contributed by atoms with Gasteiger partial charge >= 0.3 is 0 Å². The average molecular weight is 674 g/mol. The van der Waals surface area contributed by atoms with Gasteiger partial charge in [0, 0.05) is 59.5 Å². The van der Waals surface area contributed by atoms with Crippen molar-refractivity contribution in [1.82, 2.24) is 4.57 Å². The van der Waals surface area contributed by atoms with E-state index in [1.165, 1.54) is 107 Å². The lowest BCUT2D eigenvalue weighted by Gasteiger charge is -2.52. The van der Waals surface area contributed by atoms with Crippen molar-refractivity contribution in [1.29, 1.82) is 0 Å². The van der Waals surface area contributed by atoms with Crippen molar-refractivity contribution in [3.05, 3.63) is 139 Å². The number of hydrogen-bond donors (Lipinski definition) is 0. The lowest BCUT2D eigenvalue weighted by molar-refractivity contribution is 0.195. The standard InChI is InChI=1S/C46H36BN3S/c1-45-25-13-14-26-46(45,2)50-38-27-31(48(29-15-5-3-6-16-29)30-17-7-4-8-18-30)23-24-36(38)47-40-41-34(28-35(45)43(40)50)32-19-9-11-21-37(32)49(41)42-33-20-10-12-22-39(33)51-44(42)47/h3-12,15-24,27-28H,13-14,25-26H2,1-2H3. The van der Waals surface area contributed by atoms with E-state index in [2.05, 4.69) is 162 Å². The Hall–Kier alpha value is -5.26. The molecule has 0 N–H and O–H groups in total. The molecule has 0 radical (unpaired) electrons. The Kier molecular flexibility index (Phi) is 5.43. The smallest absolute Gasteiger partial charge is 0.264 e. The number of anilines is 5. The van der Waals surface area contributed by atoms with E-state index in [9.17, 15) is 0 Å². The maximum atomic E-state index is 2.86. The Morgan fingerprint density at radius 1 is 0.647 bits per heavy atom. The minimum Gasteiger partial charge on any atom is -0.335 e. The Balaban J connectivity index is 1.23. The molecule has 6 aromatic carbocycles. The van der Waals surface area contributed by atoms with Crippen molar-refractivity contribution in [2.75, 3.05) is 9.80 Å². The van der Waals surface area contributed by atoms with Crippen LogP contribution in [0, 0.1) is 0 Å². The third kappa shape index (κ3) is 3.37. The van der Waals surface area contributed by atoms with Gasteiger partial charge < -0.3 is 14.4 Å². The summed E-state index contributed by atoms with van der Waals surface area (Å²) in [6, 6.07) is 50.0. The molecule has 0 bridgehead atoms. The molecule has 5 heterocycles. The molecule has 3 nitrogen and oxygen atoms in total. The van der Waals surface area contributed by atoms with E-state index in [0.29, 0.717) is 0 Å². The number of aromatic nitrogens is 1. The topological polar surface area (TPSA) is 11.4 Å². The number of para-hydroxylation sites is 3. The second-order valence-electron chi connectivity index (χ2n) is 15.6. The number of fused-ring (bicyclic) bond motifs is 14. The molecular weight excluding hydrogens is 637 g/mol. The molecule has 0 amide bonds. The lowest BCUT2D eigenvalue weighted by Crippen LogP contribution is -2.63. The zero-order valence-corrected chi connectivity index (χ0v) is 29.7. The summed E-state index contributed by atoms with van der Waals surface area (Å²) >= 11 is 2.00. The molecule has 0 spiro atoms. The first-order valence-electron chi connectivity index (χ1n) is 18.5. The van der Waals surface area contributed by atoms with Crippen molar-refractivity contribution in [2.45, 2.75) is 50.5 Å². The van der Waals surface area contributed by atoms with E-state index in [4.69, 9.17) is 0 Å². The average Bonchev–Trinajstić information content (AvgIpc) is 3.78. The monoisotopic (exact) mass is 673 g/mol. The Morgan fingerprint density at radius 3 is 2.12 bits per heavy atom. The first-order valence-corrected chi connectivity index (χ1v) is 19.4. The molecular formula is C46H36BN3S. The number of rotatable bonds is 3. The highest BCUT2D eigenvalue weighted by Crippen LogP contribution is 2.62. The van der Waals surface area contributed by atoms with Gasteiger partial charge in [0.1, 0.15) is 0 Å². The molecule has 51 heavy (non-hydrogen) atoms. The summed E-state index contributed by atoms with van der Waals surface area (Å²) in [5, 5.41) is 4.15. The van der Waals surface area contributed by atoms with E-state index in [0.717, 1.165) is 0 Å². The summed E-state index contributed by atoms with van der Waals surface area (Å²) < 4.78 is 5.49. The predicted octanol–water partition coefficient (Wildman–Crippen LogP) is 10.4. The number of hydrogen-bond acceptors (Lipinski definition) is 3. The van der Waals surface area contributed by atoms with Crippen molar-refractivity contribution in [3.63, 3.8) is 0 Å². The molecule has 12 rings (SSSR count). The van der Waals surface area contributed by atoms with Gasteiger partial charge in [-0.2, -0.15) is 0 Å². The molecule has 3 aliphatic heterocycles. The van der Waals surface area contributed by atoms with Gasteiger partial charge in [0.2, 0.25) is 0 Å². The number of benzene rings is 6. The molecule has 8 aromatic rings. The molecule has 2 aromatic heterocycles. The summed E-state index contributed by atoms with van der Waals surface area (Å²) in [5.74, 6) is 0. The lowest BCUT2D eigenvalue weighted by atomic mass is 9.36. The van der Waals surface area contributed by atoms with E-state index >= 15 is 0 Å². The molecule has 2 atom stereocenters. The van der Waals surface area contributed by atoms with Crippen LogP contribution < -0.4 is 25.5 Å². The highest BCUT2D eigenvalue weighted by Gasteiger charge is 2.61. The highest BCUT2D eigenvalue weighted by molar-refractivity contribution is 7.33. The summed E-state index contributed by atoms with van der Waals surface area (Å²) in [6.07, 6.45) is 4.94. The van der Waals surface area contributed by atoms with Gasteiger partial charge in [-0.05, 0) is 90.9 Å². The molecule has 244 valence electrons. The van der Waals surface area contributed by atoms with Crippen LogP contribution in [0.2, 0.25) is 0 Å². The van der Waals surface area contributed by atoms with Crippen molar-refractivity contribution >= 4 is 94.1 Å². The summed E-state index contributed by atoms with van der Waals surface area (Å²) in [5.41, 5.74) is 15.1. The van der Waals surface area contributed by atoms with E-state index in [1.54, 1.807) is 5.56 Å². The minimum atomic E-state index is -0.0351. The van der Waals surface area contributed by atoms with Crippen LogP contribution in [0.25, 0.3) is 37.6 Å². The van der Waals surface area contributed by atoms with Crippen LogP contribution in [0.15, 0.2) is 133 Å². The van der Waals surface area contributed by atoms with Crippen LogP contribution in [0.1, 0.15) is 45.1 Å². The van der Waals surface area contributed by atoms with Crippen LogP contribution in [0.4, 0.5) is 28.4 Å². The molecule has 1 aliphatic carbocycles. The summed E-state index contributed by atoms with van der Waals surface area (Å²) in [6.45, 7) is 5.36. The van der Waals surface area contributed by atoms with Gasteiger partial charge in [0.05, 0.1) is 22.3 Å². The van der Waals surface area contributed by atoms with Gasteiger partial charge in [0.25, 0.3) is 6.71 Å². The second-order valence-corrected chi connectivity index (χ2v) is 16.7. The van der Waals surface area contributed by atoms with E-state index in [1.807, 2.05) is 11.3 Å². The number of thiophene rings is 1. The van der Waals surface area contributed by atoms with Crippen LogP contribution in [-0.4, -0.2) is 16.8 Å². The van der Waals surface area contributed by atoms with Gasteiger partial charge in [-0.25, -0.2) is 0 Å². The Morgan fingerprint density at radius 2 is 1.33 bits per heavy atom. The highest BCUT2D eigenvalue weighted by atomic mass is 32.1. The fourth-order valence-corrected chi connectivity index (χ4v) is 12.2. The van der Waals surface area contributed by atoms with Gasteiger partial charge in [-0.1, -0.05) is 98.6 Å². The third-order valence-electron chi connectivity index (χ3n) is 13.3. The largest absolute Gasteiger partial charge is 0.335 e. The van der Waals surface area contributed by atoms with E-state index in [-0.39, 0.29) is 17.7 Å². The first kappa shape index (κ1) is 28.4. The summed E-state index contributed by atoms with van der Waals surface area (Å²) in [7, 11) is 0. The van der Waals surface area contributed by atoms with Crippen molar-refractivity contribution in [2.24, 2.45) is 0 Å². The van der Waals surface area contributed by atoms with Crippen LogP contribution >= 0.6 is 11.3 Å².